The van der Waals surface area contributed by atoms with E-state index >= 15 is 0 Å². The second-order valence-electron chi connectivity index (χ2n) is 6.27. The quantitative estimate of drug-likeness (QED) is 0.852. The summed E-state index contributed by atoms with van der Waals surface area (Å²) < 4.78 is 0. The van der Waals surface area contributed by atoms with Gasteiger partial charge in [-0.3, -0.25) is 0 Å². The lowest BCUT2D eigenvalue weighted by atomic mass is 9.85. The topological polar surface area (TPSA) is 15.3 Å². The molecule has 2 aliphatic rings. The van der Waals surface area contributed by atoms with Crippen LogP contribution in [0.2, 0.25) is 0 Å². The number of nitrogens with zero attached hydrogens (tertiary/aromatic N) is 1. The molecule has 0 radical (unpaired) electrons. The fourth-order valence-electron chi connectivity index (χ4n) is 3.23. The predicted molar refractivity (Wildman–Crippen MR) is 93.9 cm³/mol. The van der Waals surface area contributed by atoms with E-state index in [4.69, 9.17) is 12.2 Å². The number of benzene rings is 2. The third-order valence-corrected chi connectivity index (χ3v) is 4.96. The second kappa shape index (κ2) is 5.73. The summed E-state index contributed by atoms with van der Waals surface area (Å²) in [5, 5.41) is 4.40. The van der Waals surface area contributed by atoms with Gasteiger partial charge in [0.1, 0.15) is 0 Å². The number of thiocarbonyl (C=S) groups is 1. The van der Waals surface area contributed by atoms with Crippen molar-refractivity contribution in [3.05, 3.63) is 71.3 Å². The van der Waals surface area contributed by atoms with Crippen LogP contribution in [0.5, 0.6) is 0 Å². The maximum Gasteiger partial charge on any atom is 0.169 e. The third-order valence-electron chi connectivity index (χ3n) is 4.59. The SMILES string of the molecule is S=C(NC1CC1)N1Cc2ccccc2C(c2ccccc2)C1. The summed E-state index contributed by atoms with van der Waals surface area (Å²) in [6.45, 7) is 1.87. The van der Waals surface area contributed by atoms with Crippen molar-refractivity contribution in [1.29, 1.82) is 0 Å². The van der Waals surface area contributed by atoms with Gasteiger partial charge in [0.05, 0.1) is 0 Å². The largest absolute Gasteiger partial charge is 0.360 e. The Morgan fingerprint density at radius 3 is 2.50 bits per heavy atom. The molecular formula is C19H20N2S. The Kier molecular flexibility index (Phi) is 3.59. The average Bonchev–Trinajstić information content (AvgIpc) is 3.38. The molecule has 1 heterocycles. The summed E-state index contributed by atoms with van der Waals surface area (Å²) in [5.74, 6) is 0.394. The van der Waals surface area contributed by atoms with Crippen molar-refractivity contribution in [1.82, 2.24) is 10.2 Å². The lowest BCUT2D eigenvalue weighted by Gasteiger charge is -2.36. The lowest BCUT2D eigenvalue weighted by Crippen LogP contribution is -2.44. The molecule has 2 aromatic rings. The molecule has 1 fully saturated rings. The van der Waals surface area contributed by atoms with Crippen LogP contribution in [0.1, 0.15) is 35.4 Å². The first kappa shape index (κ1) is 13.8. The minimum absolute atomic E-state index is 0.394. The van der Waals surface area contributed by atoms with Gasteiger partial charge >= 0.3 is 0 Å². The highest BCUT2D eigenvalue weighted by Gasteiger charge is 2.30. The van der Waals surface area contributed by atoms with Crippen molar-refractivity contribution in [3.63, 3.8) is 0 Å². The van der Waals surface area contributed by atoms with Crippen molar-refractivity contribution < 1.29 is 0 Å². The van der Waals surface area contributed by atoms with E-state index in [0.29, 0.717) is 12.0 Å². The van der Waals surface area contributed by atoms with Crippen LogP contribution < -0.4 is 5.32 Å². The molecular weight excluding hydrogens is 288 g/mol. The lowest BCUT2D eigenvalue weighted by molar-refractivity contribution is 0.364. The molecule has 1 aliphatic heterocycles. The van der Waals surface area contributed by atoms with E-state index in [0.717, 1.165) is 18.2 Å². The van der Waals surface area contributed by atoms with Crippen LogP contribution in [-0.2, 0) is 6.54 Å². The fourth-order valence-corrected chi connectivity index (χ4v) is 3.53. The predicted octanol–water partition coefficient (Wildman–Crippen LogP) is 3.67. The highest BCUT2D eigenvalue weighted by molar-refractivity contribution is 7.80. The molecule has 3 heteroatoms. The van der Waals surface area contributed by atoms with Crippen LogP contribution in [0.15, 0.2) is 54.6 Å². The molecule has 2 aromatic carbocycles. The van der Waals surface area contributed by atoms with Crippen LogP contribution in [-0.4, -0.2) is 22.6 Å². The molecule has 4 rings (SSSR count). The molecule has 112 valence electrons. The molecule has 1 atom stereocenters. The van der Waals surface area contributed by atoms with Crippen molar-refractivity contribution in [2.45, 2.75) is 31.3 Å². The fraction of sp³-hybridized carbons (Fsp3) is 0.316. The van der Waals surface area contributed by atoms with E-state index in [1.165, 1.54) is 29.5 Å². The van der Waals surface area contributed by atoms with E-state index in [1.54, 1.807) is 0 Å². The molecule has 22 heavy (non-hydrogen) atoms. The maximum atomic E-state index is 5.64. The van der Waals surface area contributed by atoms with Crippen molar-refractivity contribution in [2.75, 3.05) is 6.54 Å². The Bertz CT molecular complexity index is 679. The summed E-state index contributed by atoms with van der Waals surface area (Å²) >= 11 is 5.64. The van der Waals surface area contributed by atoms with Gasteiger partial charge in [-0.25, -0.2) is 0 Å². The van der Waals surface area contributed by atoms with Gasteiger partial charge in [0.15, 0.2) is 5.11 Å². The summed E-state index contributed by atoms with van der Waals surface area (Å²) in [6.07, 6.45) is 2.51. The van der Waals surface area contributed by atoms with Gasteiger partial charge in [0.2, 0.25) is 0 Å². The van der Waals surface area contributed by atoms with Gasteiger partial charge in [-0.05, 0) is 41.7 Å². The Morgan fingerprint density at radius 2 is 1.73 bits per heavy atom. The summed E-state index contributed by atoms with van der Waals surface area (Å²) in [4.78, 5) is 2.33. The van der Waals surface area contributed by atoms with E-state index in [9.17, 15) is 0 Å². The van der Waals surface area contributed by atoms with Crippen molar-refractivity contribution in [3.8, 4) is 0 Å². The minimum Gasteiger partial charge on any atom is -0.360 e. The molecule has 0 saturated heterocycles. The molecule has 0 spiro atoms. The second-order valence-corrected chi connectivity index (χ2v) is 6.65. The molecule has 2 nitrogen and oxygen atoms in total. The Balaban J connectivity index is 1.65. The van der Waals surface area contributed by atoms with Gasteiger partial charge in [0.25, 0.3) is 0 Å². The van der Waals surface area contributed by atoms with Crippen LogP contribution in [0.25, 0.3) is 0 Å². The molecule has 1 saturated carbocycles. The third kappa shape index (κ3) is 2.73. The summed E-state index contributed by atoms with van der Waals surface area (Å²) in [6, 6.07) is 20.2. The first-order valence-corrected chi connectivity index (χ1v) is 8.40. The van der Waals surface area contributed by atoms with Gasteiger partial charge in [-0.1, -0.05) is 54.6 Å². The van der Waals surface area contributed by atoms with Crippen LogP contribution >= 0.6 is 12.2 Å². The molecule has 1 N–H and O–H groups in total. The van der Waals surface area contributed by atoms with Crippen molar-refractivity contribution in [2.24, 2.45) is 0 Å². The molecule has 0 amide bonds. The Labute approximate surface area is 137 Å². The van der Waals surface area contributed by atoms with E-state index in [2.05, 4.69) is 64.8 Å². The van der Waals surface area contributed by atoms with E-state index < -0.39 is 0 Å². The monoisotopic (exact) mass is 308 g/mol. The minimum atomic E-state index is 0.394. The molecule has 1 unspecified atom stereocenters. The van der Waals surface area contributed by atoms with E-state index in [-0.39, 0.29) is 0 Å². The number of hydrogen-bond acceptors (Lipinski definition) is 1. The molecule has 1 aliphatic carbocycles. The Hall–Kier alpha value is -1.87. The van der Waals surface area contributed by atoms with Crippen LogP contribution in [0, 0.1) is 0 Å². The first-order chi connectivity index (χ1) is 10.8. The number of rotatable bonds is 2. The molecule has 0 aromatic heterocycles. The first-order valence-electron chi connectivity index (χ1n) is 7.99. The zero-order chi connectivity index (χ0) is 14.9. The van der Waals surface area contributed by atoms with Crippen LogP contribution in [0.4, 0.5) is 0 Å². The van der Waals surface area contributed by atoms with Gasteiger partial charge in [-0.15, -0.1) is 0 Å². The maximum absolute atomic E-state index is 5.64. The normalized spacial score (nSPS) is 20.4. The highest BCUT2D eigenvalue weighted by Crippen LogP contribution is 2.33. The van der Waals surface area contributed by atoms with E-state index in [1.807, 2.05) is 0 Å². The number of nitrogens with one attached hydrogen (secondary N) is 1. The zero-order valence-corrected chi connectivity index (χ0v) is 13.4. The molecule has 0 bridgehead atoms. The van der Waals surface area contributed by atoms with Crippen molar-refractivity contribution >= 4 is 17.3 Å². The number of hydrogen-bond donors (Lipinski definition) is 1. The number of fused-ring (bicyclic) bond motifs is 1. The smallest absolute Gasteiger partial charge is 0.169 e. The van der Waals surface area contributed by atoms with Gasteiger partial charge in [-0.2, -0.15) is 0 Å². The van der Waals surface area contributed by atoms with Gasteiger partial charge in [0, 0.05) is 25.0 Å². The highest BCUT2D eigenvalue weighted by atomic mass is 32.1. The standard InChI is InChI=1S/C19H20N2S/c22-19(20-16-10-11-16)21-12-15-8-4-5-9-17(15)18(13-21)14-6-2-1-3-7-14/h1-9,16,18H,10-13H2,(H,20,22). The summed E-state index contributed by atoms with van der Waals surface area (Å²) in [5.41, 5.74) is 4.20. The zero-order valence-electron chi connectivity index (χ0n) is 12.5. The Morgan fingerprint density at radius 1 is 1.00 bits per heavy atom. The summed E-state index contributed by atoms with van der Waals surface area (Å²) in [7, 11) is 0. The van der Waals surface area contributed by atoms with Crippen LogP contribution in [0.3, 0.4) is 0 Å². The average molecular weight is 308 g/mol. The van der Waals surface area contributed by atoms with Gasteiger partial charge < -0.3 is 10.2 Å².